The monoisotopic (exact) mass is 550 g/mol. The number of aromatic nitrogens is 1. The molecule has 1 fully saturated rings. The largest absolute Gasteiger partial charge is 0.497 e. The van der Waals surface area contributed by atoms with E-state index >= 15 is 0 Å². The van der Waals surface area contributed by atoms with Gasteiger partial charge in [0.25, 0.3) is 0 Å². The number of likely N-dealkylation sites (tertiary alicyclic amines) is 1. The van der Waals surface area contributed by atoms with Crippen LogP contribution in [-0.4, -0.2) is 53.5 Å². The zero-order valence-electron chi connectivity index (χ0n) is 21.1. The standard InChI is InChI=1S/C28H30F4N2O3S/c1-37-19-4-5-25-22(13-19)21(18(16-29)17-33-25)3-2-6-28(27(35)36)7-9-34(10-8-28)11-12-38-20-14-23(30)26(32)24(31)15-20/h4-5,13-15,17H,2-3,6-12,16H2,1H3,(H,35,36). The number of thioether (sulfide) groups is 1. The predicted octanol–water partition coefficient (Wildman–Crippen LogP) is 6.41. The summed E-state index contributed by atoms with van der Waals surface area (Å²) in [6.07, 6.45) is 4.10. The van der Waals surface area contributed by atoms with E-state index in [1.165, 1.54) is 11.8 Å². The highest BCUT2D eigenvalue weighted by atomic mass is 32.2. The van der Waals surface area contributed by atoms with Crippen LogP contribution in [0.5, 0.6) is 5.75 Å². The Balaban J connectivity index is 1.34. The minimum atomic E-state index is -1.48. The molecule has 0 aliphatic carbocycles. The van der Waals surface area contributed by atoms with Gasteiger partial charge in [-0.1, -0.05) is 0 Å². The molecule has 204 valence electrons. The number of halogens is 4. The maximum absolute atomic E-state index is 13.8. The molecule has 0 unspecified atom stereocenters. The number of ether oxygens (including phenoxy) is 1. The van der Waals surface area contributed by atoms with Gasteiger partial charge in [0.15, 0.2) is 17.5 Å². The van der Waals surface area contributed by atoms with Gasteiger partial charge in [0, 0.05) is 34.3 Å². The van der Waals surface area contributed by atoms with Gasteiger partial charge in [-0.2, -0.15) is 0 Å². The molecular formula is C28H30F4N2O3S. The quantitative estimate of drug-likeness (QED) is 0.169. The molecule has 10 heteroatoms. The molecule has 3 aromatic rings. The number of benzene rings is 2. The molecule has 0 spiro atoms. The number of pyridine rings is 1. The third-order valence-corrected chi connectivity index (χ3v) is 8.36. The van der Waals surface area contributed by atoms with E-state index in [4.69, 9.17) is 4.74 Å². The zero-order chi connectivity index (χ0) is 27.3. The van der Waals surface area contributed by atoms with Crippen LogP contribution in [0.15, 0.2) is 41.4 Å². The Kier molecular flexibility index (Phi) is 9.15. The third-order valence-electron chi connectivity index (χ3n) is 7.40. The molecule has 4 rings (SSSR count). The van der Waals surface area contributed by atoms with E-state index < -0.39 is 35.5 Å². The molecule has 1 aliphatic rings. The molecular weight excluding hydrogens is 520 g/mol. The second kappa shape index (κ2) is 12.3. The maximum Gasteiger partial charge on any atom is 0.309 e. The van der Waals surface area contributed by atoms with Crippen LogP contribution in [-0.2, 0) is 17.9 Å². The number of hydrogen-bond donors (Lipinski definition) is 1. The average Bonchev–Trinajstić information content (AvgIpc) is 2.92. The van der Waals surface area contributed by atoms with Gasteiger partial charge in [0.1, 0.15) is 12.4 Å². The maximum atomic E-state index is 13.8. The van der Waals surface area contributed by atoms with E-state index in [9.17, 15) is 27.5 Å². The molecule has 0 atom stereocenters. The Bertz CT molecular complexity index is 1270. The van der Waals surface area contributed by atoms with Crippen LogP contribution >= 0.6 is 11.8 Å². The normalized spacial score (nSPS) is 15.6. The summed E-state index contributed by atoms with van der Waals surface area (Å²) >= 11 is 1.23. The molecule has 2 aromatic carbocycles. The van der Waals surface area contributed by atoms with E-state index in [1.54, 1.807) is 19.4 Å². The van der Waals surface area contributed by atoms with Crippen molar-refractivity contribution in [3.63, 3.8) is 0 Å². The lowest BCUT2D eigenvalue weighted by atomic mass is 9.74. The fourth-order valence-corrected chi connectivity index (χ4v) is 6.05. The van der Waals surface area contributed by atoms with Crippen LogP contribution in [0.1, 0.15) is 36.8 Å². The van der Waals surface area contributed by atoms with Crippen LogP contribution in [0.2, 0.25) is 0 Å². The fourth-order valence-electron chi connectivity index (χ4n) is 5.09. The van der Waals surface area contributed by atoms with Crippen molar-refractivity contribution in [1.29, 1.82) is 0 Å². The summed E-state index contributed by atoms with van der Waals surface area (Å²) < 4.78 is 59.1. The summed E-state index contributed by atoms with van der Waals surface area (Å²) in [5, 5.41) is 10.9. The summed E-state index contributed by atoms with van der Waals surface area (Å²) in [4.78, 5) is 19.1. The van der Waals surface area contributed by atoms with Gasteiger partial charge in [-0.05, 0) is 81.1 Å². The van der Waals surface area contributed by atoms with E-state index in [1.807, 2.05) is 12.1 Å². The number of carboxylic acids is 1. The van der Waals surface area contributed by atoms with E-state index in [2.05, 4.69) is 9.88 Å². The Morgan fingerprint density at radius 1 is 1.16 bits per heavy atom. The zero-order valence-corrected chi connectivity index (χ0v) is 21.9. The molecule has 1 saturated heterocycles. The second-order valence-electron chi connectivity index (χ2n) is 9.61. The number of carbonyl (C=O) groups is 1. The minimum absolute atomic E-state index is 0.312. The SMILES string of the molecule is COc1ccc2ncc(CF)c(CCCC3(C(=O)O)CCN(CCSc4cc(F)c(F)c(F)c4)CC3)c2c1. The highest BCUT2D eigenvalue weighted by Crippen LogP contribution is 2.38. The molecule has 1 aliphatic heterocycles. The van der Waals surface area contributed by atoms with E-state index in [-0.39, 0.29) is 0 Å². The lowest BCUT2D eigenvalue weighted by Crippen LogP contribution is -2.45. The van der Waals surface area contributed by atoms with Gasteiger partial charge in [0.2, 0.25) is 0 Å². The summed E-state index contributed by atoms with van der Waals surface area (Å²) in [5.74, 6) is -3.54. The minimum Gasteiger partial charge on any atom is -0.497 e. The number of methoxy groups -OCH3 is 1. The van der Waals surface area contributed by atoms with Crippen molar-refractivity contribution in [3.05, 3.63) is 65.1 Å². The molecule has 0 bridgehead atoms. The van der Waals surface area contributed by atoms with Crippen molar-refractivity contribution in [2.75, 3.05) is 32.5 Å². The van der Waals surface area contributed by atoms with Gasteiger partial charge in [-0.15, -0.1) is 11.8 Å². The number of aryl methyl sites for hydroxylation is 1. The molecule has 0 saturated carbocycles. The van der Waals surface area contributed by atoms with Crippen LogP contribution in [0.3, 0.4) is 0 Å². The predicted molar refractivity (Wildman–Crippen MR) is 139 cm³/mol. The van der Waals surface area contributed by atoms with Crippen LogP contribution in [0.4, 0.5) is 17.6 Å². The van der Waals surface area contributed by atoms with Gasteiger partial charge in [-0.3, -0.25) is 9.78 Å². The van der Waals surface area contributed by atoms with Crippen LogP contribution < -0.4 is 4.74 Å². The van der Waals surface area contributed by atoms with Crippen molar-refractivity contribution in [2.45, 2.75) is 43.7 Å². The summed E-state index contributed by atoms with van der Waals surface area (Å²) in [6.45, 7) is 1.14. The summed E-state index contributed by atoms with van der Waals surface area (Å²) in [6, 6.07) is 7.43. The molecule has 0 amide bonds. The summed E-state index contributed by atoms with van der Waals surface area (Å²) in [7, 11) is 1.57. The first-order valence-corrected chi connectivity index (χ1v) is 13.5. The van der Waals surface area contributed by atoms with Crippen LogP contribution in [0.25, 0.3) is 10.9 Å². The number of rotatable bonds is 11. The van der Waals surface area contributed by atoms with E-state index in [0.717, 1.165) is 28.6 Å². The number of carboxylic acid groups (broad SMARTS) is 1. The number of fused-ring (bicyclic) bond motifs is 1. The van der Waals surface area contributed by atoms with Gasteiger partial charge in [-0.25, -0.2) is 17.6 Å². The molecule has 38 heavy (non-hydrogen) atoms. The van der Waals surface area contributed by atoms with Crippen LogP contribution in [0, 0.1) is 22.9 Å². The molecule has 0 radical (unpaired) electrons. The van der Waals surface area contributed by atoms with Crippen molar-refractivity contribution >= 4 is 28.6 Å². The van der Waals surface area contributed by atoms with Crippen molar-refractivity contribution in [1.82, 2.24) is 9.88 Å². The van der Waals surface area contributed by atoms with Crippen molar-refractivity contribution in [3.8, 4) is 5.75 Å². The average molecular weight is 551 g/mol. The Morgan fingerprint density at radius 2 is 1.87 bits per heavy atom. The van der Waals surface area contributed by atoms with E-state index in [0.29, 0.717) is 73.7 Å². The van der Waals surface area contributed by atoms with Crippen molar-refractivity contribution < 1.29 is 32.2 Å². The van der Waals surface area contributed by atoms with Gasteiger partial charge >= 0.3 is 5.97 Å². The fraction of sp³-hybridized carbons (Fsp3) is 0.429. The highest BCUT2D eigenvalue weighted by Gasteiger charge is 2.40. The lowest BCUT2D eigenvalue weighted by molar-refractivity contribution is -0.152. The Labute approximate surface area is 223 Å². The summed E-state index contributed by atoms with van der Waals surface area (Å²) in [5.41, 5.74) is 1.22. The number of nitrogens with zero attached hydrogens (tertiary/aromatic N) is 2. The van der Waals surface area contributed by atoms with Crippen molar-refractivity contribution in [2.24, 2.45) is 5.41 Å². The topological polar surface area (TPSA) is 62.7 Å². The highest BCUT2D eigenvalue weighted by molar-refractivity contribution is 7.99. The third kappa shape index (κ3) is 6.23. The Morgan fingerprint density at radius 3 is 2.50 bits per heavy atom. The second-order valence-corrected chi connectivity index (χ2v) is 10.8. The molecule has 1 aromatic heterocycles. The Hall–Kier alpha value is -2.85. The molecule has 1 N–H and O–H groups in total. The smallest absolute Gasteiger partial charge is 0.309 e. The first kappa shape index (κ1) is 28.2. The number of hydrogen-bond acceptors (Lipinski definition) is 5. The molecule has 5 nitrogen and oxygen atoms in total. The van der Waals surface area contributed by atoms with Gasteiger partial charge in [0.05, 0.1) is 18.0 Å². The first-order valence-electron chi connectivity index (χ1n) is 12.5. The number of piperidine rings is 1. The van der Waals surface area contributed by atoms with Gasteiger partial charge < -0.3 is 14.7 Å². The number of alkyl halides is 1. The first-order chi connectivity index (χ1) is 18.3. The number of aliphatic carboxylic acids is 1. The molecule has 2 heterocycles. The lowest BCUT2D eigenvalue weighted by Gasteiger charge is -2.39.